The van der Waals surface area contributed by atoms with E-state index in [-0.39, 0.29) is 0 Å². The van der Waals surface area contributed by atoms with Crippen LogP contribution in [0.15, 0.2) is 36.5 Å². The van der Waals surface area contributed by atoms with E-state index in [2.05, 4.69) is 23.2 Å². The summed E-state index contributed by atoms with van der Waals surface area (Å²) in [5.74, 6) is -0.353. The Bertz CT molecular complexity index is 664. The zero-order valence-corrected chi connectivity index (χ0v) is 11.5. The van der Waals surface area contributed by atoms with E-state index in [9.17, 15) is 9.90 Å². The molecule has 1 aliphatic rings. The summed E-state index contributed by atoms with van der Waals surface area (Å²) in [4.78, 5) is 15.5. The van der Waals surface area contributed by atoms with Crippen molar-refractivity contribution in [1.82, 2.24) is 4.98 Å². The molecule has 0 saturated carbocycles. The first kappa shape index (κ1) is 12.9. The highest BCUT2D eigenvalue weighted by atomic mass is 16.4. The lowest BCUT2D eigenvalue weighted by molar-refractivity contribution is 0.0695. The standard InChI is InChI=1S/C17H17NO2/c1-11-9-13(7-8-18-11)12-5-6-15-14(10-12)3-2-4-16(15)17(19)20/h2-4,7-9,12H,5-6,10H2,1H3,(H,19,20). The quantitative estimate of drug-likeness (QED) is 0.907. The molecular formula is C17H17NO2. The van der Waals surface area contributed by atoms with Crippen LogP contribution in [0.3, 0.4) is 0 Å². The van der Waals surface area contributed by atoms with Gasteiger partial charge in [0.15, 0.2) is 0 Å². The number of carboxylic acids is 1. The van der Waals surface area contributed by atoms with Crippen molar-refractivity contribution in [3.63, 3.8) is 0 Å². The zero-order chi connectivity index (χ0) is 14.1. The van der Waals surface area contributed by atoms with Gasteiger partial charge in [-0.05, 0) is 67.0 Å². The van der Waals surface area contributed by atoms with Crippen LogP contribution in [0.2, 0.25) is 0 Å². The molecule has 0 bridgehead atoms. The first-order valence-electron chi connectivity index (χ1n) is 6.92. The van der Waals surface area contributed by atoms with E-state index in [0.717, 1.165) is 30.5 Å². The van der Waals surface area contributed by atoms with Gasteiger partial charge in [0, 0.05) is 11.9 Å². The summed E-state index contributed by atoms with van der Waals surface area (Å²) in [6, 6.07) is 9.82. The first-order valence-corrected chi connectivity index (χ1v) is 6.92. The third-order valence-corrected chi connectivity index (χ3v) is 4.10. The number of rotatable bonds is 2. The lowest BCUT2D eigenvalue weighted by atomic mass is 9.79. The van der Waals surface area contributed by atoms with Gasteiger partial charge in [-0.3, -0.25) is 4.98 Å². The minimum atomic E-state index is -0.819. The van der Waals surface area contributed by atoms with Crippen LogP contribution in [0.4, 0.5) is 0 Å². The number of carboxylic acid groups (broad SMARTS) is 1. The van der Waals surface area contributed by atoms with Crippen molar-refractivity contribution in [2.45, 2.75) is 32.1 Å². The normalized spacial score (nSPS) is 17.6. The second-order valence-corrected chi connectivity index (χ2v) is 5.42. The molecule has 0 saturated heterocycles. The molecule has 1 heterocycles. The Morgan fingerprint density at radius 3 is 2.95 bits per heavy atom. The molecule has 0 amide bonds. The molecule has 20 heavy (non-hydrogen) atoms. The average Bonchev–Trinajstić information content (AvgIpc) is 2.46. The van der Waals surface area contributed by atoms with Gasteiger partial charge in [-0.25, -0.2) is 4.79 Å². The largest absolute Gasteiger partial charge is 0.478 e. The second-order valence-electron chi connectivity index (χ2n) is 5.42. The van der Waals surface area contributed by atoms with Crippen LogP contribution in [-0.2, 0) is 12.8 Å². The topological polar surface area (TPSA) is 50.2 Å². The molecule has 1 aromatic carbocycles. The minimum absolute atomic E-state index is 0.465. The monoisotopic (exact) mass is 267 g/mol. The molecule has 1 atom stereocenters. The lowest BCUT2D eigenvalue weighted by Gasteiger charge is -2.26. The molecule has 0 aliphatic heterocycles. The number of hydrogen-bond donors (Lipinski definition) is 1. The van der Waals surface area contributed by atoms with E-state index in [4.69, 9.17) is 0 Å². The summed E-state index contributed by atoms with van der Waals surface area (Å²) in [5, 5.41) is 9.25. The number of aryl methyl sites for hydroxylation is 1. The molecule has 1 aromatic heterocycles. The van der Waals surface area contributed by atoms with Crippen molar-refractivity contribution in [3.05, 3.63) is 64.5 Å². The first-order chi connectivity index (χ1) is 9.65. The number of fused-ring (bicyclic) bond motifs is 1. The Balaban J connectivity index is 1.93. The highest BCUT2D eigenvalue weighted by Gasteiger charge is 2.23. The fourth-order valence-electron chi connectivity index (χ4n) is 3.11. The van der Waals surface area contributed by atoms with Crippen LogP contribution in [0.1, 0.15) is 45.1 Å². The smallest absolute Gasteiger partial charge is 0.335 e. The highest BCUT2D eigenvalue weighted by molar-refractivity contribution is 5.89. The van der Waals surface area contributed by atoms with Gasteiger partial charge in [0.1, 0.15) is 0 Å². The fourth-order valence-corrected chi connectivity index (χ4v) is 3.11. The van der Waals surface area contributed by atoms with Crippen molar-refractivity contribution in [1.29, 1.82) is 0 Å². The number of carbonyl (C=O) groups is 1. The van der Waals surface area contributed by atoms with E-state index in [1.807, 2.05) is 19.2 Å². The maximum Gasteiger partial charge on any atom is 0.335 e. The van der Waals surface area contributed by atoms with Crippen LogP contribution in [0, 0.1) is 6.92 Å². The Morgan fingerprint density at radius 1 is 1.35 bits per heavy atom. The Morgan fingerprint density at radius 2 is 2.20 bits per heavy atom. The number of hydrogen-bond acceptors (Lipinski definition) is 2. The fraction of sp³-hybridized carbons (Fsp3) is 0.294. The van der Waals surface area contributed by atoms with Crippen LogP contribution in [-0.4, -0.2) is 16.1 Å². The van der Waals surface area contributed by atoms with E-state index in [0.29, 0.717) is 11.5 Å². The highest BCUT2D eigenvalue weighted by Crippen LogP contribution is 2.34. The Labute approximate surface area is 118 Å². The number of pyridine rings is 1. The molecule has 2 aromatic rings. The van der Waals surface area contributed by atoms with Crippen LogP contribution < -0.4 is 0 Å². The maximum absolute atomic E-state index is 11.3. The van der Waals surface area contributed by atoms with E-state index >= 15 is 0 Å². The van der Waals surface area contributed by atoms with Gasteiger partial charge in [-0.2, -0.15) is 0 Å². The predicted molar refractivity (Wildman–Crippen MR) is 77.1 cm³/mol. The number of aromatic nitrogens is 1. The third kappa shape index (κ3) is 2.31. The summed E-state index contributed by atoms with van der Waals surface area (Å²) in [7, 11) is 0. The summed E-state index contributed by atoms with van der Waals surface area (Å²) < 4.78 is 0. The molecule has 1 N–H and O–H groups in total. The van der Waals surface area contributed by atoms with Gasteiger partial charge < -0.3 is 5.11 Å². The van der Waals surface area contributed by atoms with Crippen molar-refractivity contribution in [3.8, 4) is 0 Å². The van der Waals surface area contributed by atoms with Gasteiger partial charge in [0.05, 0.1) is 5.56 Å². The zero-order valence-electron chi connectivity index (χ0n) is 11.5. The summed E-state index contributed by atoms with van der Waals surface area (Å²) in [5.41, 5.74) is 5.00. The maximum atomic E-state index is 11.3. The summed E-state index contributed by atoms with van der Waals surface area (Å²) in [6.45, 7) is 2.00. The number of benzene rings is 1. The molecule has 0 fully saturated rings. The van der Waals surface area contributed by atoms with E-state index < -0.39 is 5.97 Å². The van der Waals surface area contributed by atoms with E-state index in [1.54, 1.807) is 6.07 Å². The lowest BCUT2D eigenvalue weighted by Crippen LogP contribution is -2.16. The second kappa shape index (κ2) is 5.08. The van der Waals surface area contributed by atoms with Gasteiger partial charge in [-0.1, -0.05) is 12.1 Å². The molecule has 1 unspecified atom stereocenters. The summed E-state index contributed by atoms with van der Waals surface area (Å²) in [6.07, 6.45) is 4.61. The van der Waals surface area contributed by atoms with Crippen LogP contribution in [0.5, 0.6) is 0 Å². The molecule has 102 valence electrons. The van der Waals surface area contributed by atoms with Gasteiger partial charge in [0.25, 0.3) is 0 Å². The molecule has 3 heteroatoms. The van der Waals surface area contributed by atoms with Crippen molar-refractivity contribution < 1.29 is 9.90 Å². The van der Waals surface area contributed by atoms with Gasteiger partial charge in [0.2, 0.25) is 0 Å². The Hall–Kier alpha value is -2.16. The number of aromatic carboxylic acids is 1. The van der Waals surface area contributed by atoms with Crippen molar-refractivity contribution in [2.24, 2.45) is 0 Å². The molecule has 3 rings (SSSR count). The summed E-state index contributed by atoms with van der Waals surface area (Å²) >= 11 is 0. The van der Waals surface area contributed by atoms with E-state index in [1.165, 1.54) is 11.1 Å². The SMILES string of the molecule is Cc1cc(C2CCc3c(cccc3C(=O)O)C2)ccn1. The van der Waals surface area contributed by atoms with Crippen LogP contribution >= 0.6 is 0 Å². The van der Waals surface area contributed by atoms with Crippen molar-refractivity contribution >= 4 is 5.97 Å². The van der Waals surface area contributed by atoms with Gasteiger partial charge in [-0.15, -0.1) is 0 Å². The molecule has 0 spiro atoms. The van der Waals surface area contributed by atoms with Crippen LogP contribution in [0.25, 0.3) is 0 Å². The molecule has 0 radical (unpaired) electrons. The molecule has 3 nitrogen and oxygen atoms in total. The Kier molecular flexibility index (Phi) is 3.26. The molecule has 1 aliphatic carbocycles. The molecular weight excluding hydrogens is 250 g/mol. The minimum Gasteiger partial charge on any atom is -0.478 e. The average molecular weight is 267 g/mol. The van der Waals surface area contributed by atoms with Crippen molar-refractivity contribution in [2.75, 3.05) is 0 Å². The number of nitrogens with zero attached hydrogens (tertiary/aromatic N) is 1. The third-order valence-electron chi connectivity index (χ3n) is 4.10. The predicted octanol–water partition coefficient (Wildman–Crippen LogP) is 3.36. The van der Waals surface area contributed by atoms with Gasteiger partial charge >= 0.3 is 5.97 Å².